The SMILES string of the molecule is N#CCCc1ccc2cccnc2c1. The highest BCUT2D eigenvalue weighted by atomic mass is 14.6. The van der Waals surface area contributed by atoms with Crippen molar-refractivity contribution in [1.29, 1.82) is 5.26 Å². The Bertz CT molecular complexity index is 483. The van der Waals surface area contributed by atoms with Gasteiger partial charge in [-0.25, -0.2) is 0 Å². The molecule has 2 nitrogen and oxygen atoms in total. The van der Waals surface area contributed by atoms with Crippen LogP contribution < -0.4 is 0 Å². The molecule has 1 aromatic carbocycles. The summed E-state index contributed by atoms with van der Waals surface area (Å²) in [7, 11) is 0. The Kier molecular flexibility index (Phi) is 2.42. The molecule has 0 spiro atoms. The first-order chi connectivity index (χ1) is 6.90. The molecule has 0 aliphatic carbocycles. The van der Waals surface area contributed by atoms with Crippen molar-refractivity contribution in [2.45, 2.75) is 12.8 Å². The number of nitrogens with zero attached hydrogens (tertiary/aromatic N) is 2. The van der Waals surface area contributed by atoms with E-state index >= 15 is 0 Å². The number of rotatable bonds is 2. The second-order valence-electron chi connectivity index (χ2n) is 3.19. The van der Waals surface area contributed by atoms with Crippen LogP contribution in [-0.4, -0.2) is 4.98 Å². The van der Waals surface area contributed by atoms with Gasteiger partial charge in [0.25, 0.3) is 0 Å². The van der Waals surface area contributed by atoms with E-state index in [4.69, 9.17) is 5.26 Å². The Hall–Kier alpha value is -1.88. The van der Waals surface area contributed by atoms with Crippen molar-refractivity contribution in [3.63, 3.8) is 0 Å². The van der Waals surface area contributed by atoms with Crippen LogP contribution in [0.3, 0.4) is 0 Å². The number of aryl methyl sites for hydroxylation is 1. The van der Waals surface area contributed by atoms with Gasteiger partial charge in [-0.15, -0.1) is 0 Å². The molecule has 0 radical (unpaired) electrons. The number of hydrogen-bond donors (Lipinski definition) is 0. The Balaban J connectivity index is 2.37. The minimum atomic E-state index is 0.568. The lowest BCUT2D eigenvalue weighted by molar-refractivity contribution is 1.01. The van der Waals surface area contributed by atoms with Gasteiger partial charge in [0.15, 0.2) is 0 Å². The lowest BCUT2D eigenvalue weighted by Crippen LogP contribution is -1.85. The van der Waals surface area contributed by atoms with Crippen LogP contribution in [0.15, 0.2) is 36.5 Å². The predicted octanol–water partition coefficient (Wildman–Crippen LogP) is 2.69. The van der Waals surface area contributed by atoms with Crippen LogP contribution in [0.1, 0.15) is 12.0 Å². The Morgan fingerprint density at radius 2 is 2.21 bits per heavy atom. The summed E-state index contributed by atoms with van der Waals surface area (Å²) in [5.74, 6) is 0. The van der Waals surface area contributed by atoms with E-state index in [0.29, 0.717) is 6.42 Å². The zero-order valence-corrected chi connectivity index (χ0v) is 7.77. The minimum absolute atomic E-state index is 0.568. The number of hydrogen-bond acceptors (Lipinski definition) is 2. The molecule has 0 N–H and O–H groups in total. The van der Waals surface area contributed by atoms with Gasteiger partial charge in [-0.3, -0.25) is 4.98 Å². The first-order valence-corrected chi connectivity index (χ1v) is 4.61. The molecule has 0 unspecified atom stereocenters. The molecule has 2 heteroatoms. The van der Waals surface area contributed by atoms with Crippen LogP contribution in [0.5, 0.6) is 0 Å². The average Bonchev–Trinajstić information content (AvgIpc) is 2.26. The predicted molar refractivity (Wildman–Crippen MR) is 55.7 cm³/mol. The maximum absolute atomic E-state index is 8.48. The van der Waals surface area contributed by atoms with Crippen molar-refractivity contribution in [2.75, 3.05) is 0 Å². The average molecular weight is 182 g/mol. The number of benzene rings is 1. The summed E-state index contributed by atoms with van der Waals surface area (Å²) in [6, 6.07) is 12.3. The first-order valence-electron chi connectivity index (χ1n) is 4.61. The minimum Gasteiger partial charge on any atom is -0.256 e. The van der Waals surface area contributed by atoms with Crippen LogP contribution in [0.2, 0.25) is 0 Å². The lowest BCUT2D eigenvalue weighted by Gasteiger charge is -1.99. The maximum Gasteiger partial charge on any atom is 0.0704 e. The quantitative estimate of drug-likeness (QED) is 0.716. The van der Waals surface area contributed by atoms with Gasteiger partial charge in [-0.05, 0) is 24.1 Å². The van der Waals surface area contributed by atoms with Crippen LogP contribution in [0.4, 0.5) is 0 Å². The van der Waals surface area contributed by atoms with Crippen molar-refractivity contribution in [2.24, 2.45) is 0 Å². The monoisotopic (exact) mass is 182 g/mol. The smallest absolute Gasteiger partial charge is 0.0704 e. The van der Waals surface area contributed by atoms with Gasteiger partial charge in [0.1, 0.15) is 0 Å². The van der Waals surface area contributed by atoms with Gasteiger partial charge < -0.3 is 0 Å². The third-order valence-electron chi connectivity index (χ3n) is 2.20. The normalized spacial score (nSPS) is 9.93. The number of nitriles is 1. The third kappa shape index (κ3) is 1.72. The summed E-state index contributed by atoms with van der Waals surface area (Å²) in [6.45, 7) is 0. The molecule has 68 valence electrons. The molecule has 1 aromatic heterocycles. The Morgan fingerprint density at radius 1 is 1.29 bits per heavy atom. The van der Waals surface area contributed by atoms with Gasteiger partial charge in [0, 0.05) is 18.0 Å². The molecule has 0 saturated heterocycles. The fraction of sp³-hybridized carbons (Fsp3) is 0.167. The molecule has 0 aliphatic rings. The molecular formula is C12H10N2. The molecule has 1 heterocycles. The van der Waals surface area contributed by atoms with Crippen molar-refractivity contribution in [3.05, 3.63) is 42.1 Å². The molecular weight excluding hydrogens is 172 g/mol. The van der Waals surface area contributed by atoms with Gasteiger partial charge >= 0.3 is 0 Å². The molecule has 2 aromatic rings. The summed E-state index contributed by atoms with van der Waals surface area (Å²) < 4.78 is 0. The van der Waals surface area contributed by atoms with E-state index in [9.17, 15) is 0 Å². The highest BCUT2D eigenvalue weighted by Crippen LogP contribution is 2.13. The van der Waals surface area contributed by atoms with Crippen LogP contribution in [0.25, 0.3) is 10.9 Å². The molecule has 0 saturated carbocycles. The van der Waals surface area contributed by atoms with E-state index in [1.165, 1.54) is 5.56 Å². The fourth-order valence-corrected chi connectivity index (χ4v) is 1.47. The highest BCUT2D eigenvalue weighted by Gasteiger charge is 1.96. The maximum atomic E-state index is 8.48. The summed E-state index contributed by atoms with van der Waals surface area (Å²) in [4.78, 5) is 4.27. The van der Waals surface area contributed by atoms with Crippen LogP contribution >= 0.6 is 0 Å². The van der Waals surface area contributed by atoms with Crippen LogP contribution in [0, 0.1) is 11.3 Å². The first kappa shape index (κ1) is 8.71. The number of pyridine rings is 1. The lowest BCUT2D eigenvalue weighted by atomic mass is 10.1. The van der Waals surface area contributed by atoms with Gasteiger partial charge in [-0.1, -0.05) is 18.2 Å². The Morgan fingerprint density at radius 3 is 3.07 bits per heavy atom. The van der Waals surface area contributed by atoms with Crippen molar-refractivity contribution in [3.8, 4) is 6.07 Å². The van der Waals surface area contributed by atoms with Gasteiger partial charge in [-0.2, -0.15) is 5.26 Å². The summed E-state index contributed by atoms with van der Waals surface area (Å²) in [5, 5.41) is 9.62. The standard InChI is InChI=1S/C12H10N2/c13-7-1-3-10-5-6-11-4-2-8-14-12(11)9-10/h2,4-6,8-9H,1,3H2. The molecule has 0 atom stereocenters. The van der Waals surface area contributed by atoms with Crippen molar-refractivity contribution in [1.82, 2.24) is 4.98 Å². The van der Waals surface area contributed by atoms with E-state index in [2.05, 4.69) is 23.2 Å². The van der Waals surface area contributed by atoms with Crippen molar-refractivity contribution < 1.29 is 0 Å². The van der Waals surface area contributed by atoms with Crippen LogP contribution in [-0.2, 0) is 6.42 Å². The summed E-state index contributed by atoms with van der Waals surface area (Å²) in [6.07, 6.45) is 3.16. The van der Waals surface area contributed by atoms with E-state index in [-0.39, 0.29) is 0 Å². The number of fused-ring (bicyclic) bond motifs is 1. The fourth-order valence-electron chi connectivity index (χ4n) is 1.47. The molecule has 0 aliphatic heterocycles. The van der Waals surface area contributed by atoms with E-state index < -0.39 is 0 Å². The summed E-state index contributed by atoms with van der Waals surface area (Å²) >= 11 is 0. The molecule has 0 amide bonds. The van der Waals surface area contributed by atoms with E-state index in [0.717, 1.165) is 17.3 Å². The second kappa shape index (κ2) is 3.89. The topological polar surface area (TPSA) is 36.7 Å². The molecule has 2 rings (SSSR count). The zero-order chi connectivity index (χ0) is 9.80. The summed E-state index contributed by atoms with van der Waals surface area (Å²) in [5.41, 5.74) is 2.18. The van der Waals surface area contributed by atoms with Crippen molar-refractivity contribution >= 4 is 10.9 Å². The molecule has 0 bridgehead atoms. The molecule has 14 heavy (non-hydrogen) atoms. The largest absolute Gasteiger partial charge is 0.256 e. The highest BCUT2D eigenvalue weighted by molar-refractivity contribution is 5.78. The number of aromatic nitrogens is 1. The van der Waals surface area contributed by atoms with E-state index in [1.807, 2.05) is 18.2 Å². The molecule has 0 fully saturated rings. The van der Waals surface area contributed by atoms with E-state index in [1.54, 1.807) is 6.20 Å². The second-order valence-corrected chi connectivity index (χ2v) is 3.19. The zero-order valence-electron chi connectivity index (χ0n) is 7.77. The van der Waals surface area contributed by atoms with Gasteiger partial charge in [0.05, 0.1) is 11.6 Å². The third-order valence-corrected chi connectivity index (χ3v) is 2.20. The Labute approximate surface area is 82.8 Å². The van der Waals surface area contributed by atoms with Gasteiger partial charge in [0.2, 0.25) is 0 Å².